The van der Waals surface area contributed by atoms with Crippen molar-refractivity contribution in [3.8, 4) is 17.7 Å². The maximum atomic E-state index is 15.1. The molecule has 51 heavy (non-hydrogen) atoms. The molecule has 0 radical (unpaired) electrons. The molecule has 3 aliphatic rings. The molecule has 0 saturated carbocycles. The Kier molecular flexibility index (Phi) is 10.5. The molecule has 1 unspecified atom stereocenters. The molecule has 0 bridgehead atoms. The Labute approximate surface area is 299 Å². The van der Waals surface area contributed by atoms with Crippen LogP contribution in [0.15, 0.2) is 65.7 Å². The largest absolute Gasteiger partial charge is 0.492 e. The second-order valence-electron chi connectivity index (χ2n) is 13.0. The van der Waals surface area contributed by atoms with Gasteiger partial charge in [-0.2, -0.15) is 9.57 Å². The molecule has 0 N–H and O–H groups in total. The second-order valence-corrected chi connectivity index (χ2v) is 14.8. The zero-order valence-electron chi connectivity index (χ0n) is 29.4. The Balaban J connectivity index is 1.40. The van der Waals surface area contributed by atoms with Gasteiger partial charge in [0.25, 0.3) is 21.5 Å². The summed E-state index contributed by atoms with van der Waals surface area (Å²) in [6.07, 6.45) is 2.12. The van der Waals surface area contributed by atoms with Crippen LogP contribution in [0.5, 0.6) is 11.6 Å². The number of hydrogen-bond acceptors (Lipinski definition) is 11. The number of likely N-dealkylation sites (tertiary alicyclic amines) is 1. The molecule has 2 aromatic carbocycles. The van der Waals surface area contributed by atoms with Gasteiger partial charge in [-0.25, -0.2) is 18.2 Å². The van der Waals surface area contributed by atoms with Crippen molar-refractivity contribution in [2.75, 3.05) is 56.8 Å². The number of nitriles is 1. The van der Waals surface area contributed by atoms with Gasteiger partial charge in [-0.05, 0) is 83.0 Å². The molecule has 3 aromatic rings. The van der Waals surface area contributed by atoms with Gasteiger partial charge in [0.1, 0.15) is 10.6 Å². The fourth-order valence-electron chi connectivity index (χ4n) is 7.26. The molecule has 3 aliphatic heterocycles. The number of fused-ring (bicyclic) bond motifs is 1. The van der Waals surface area contributed by atoms with Gasteiger partial charge in [0, 0.05) is 63.1 Å². The van der Waals surface area contributed by atoms with E-state index in [0.29, 0.717) is 29.5 Å². The highest BCUT2D eigenvalue weighted by Gasteiger charge is 2.61. The zero-order chi connectivity index (χ0) is 36.3. The molecular weight excluding hydrogens is 673 g/mol. The number of hydrogen-bond donors (Lipinski definition) is 0. The Bertz CT molecular complexity index is 1920. The lowest BCUT2D eigenvalue weighted by Crippen LogP contribution is -2.55. The van der Waals surface area contributed by atoms with Gasteiger partial charge in [0.05, 0.1) is 36.1 Å². The third-order valence-electron chi connectivity index (χ3n) is 9.87. The predicted octanol–water partition coefficient (Wildman–Crippen LogP) is 4.36. The van der Waals surface area contributed by atoms with Crippen molar-refractivity contribution >= 4 is 27.7 Å². The highest BCUT2D eigenvalue weighted by molar-refractivity contribution is 7.93. The minimum Gasteiger partial charge on any atom is -0.492 e. The minimum atomic E-state index is -4.67. The first-order chi connectivity index (χ1) is 24.6. The topological polar surface area (TPSA) is 146 Å². The molecule has 2 amide bonds. The van der Waals surface area contributed by atoms with Crippen molar-refractivity contribution in [1.29, 1.82) is 5.26 Å². The molecule has 1 atom stereocenters. The fraction of sp³-hybridized carbons (Fsp3) is 0.459. The Morgan fingerprint density at radius 1 is 0.961 bits per heavy atom. The van der Waals surface area contributed by atoms with Crippen molar-refractivity contribution in [2.45, 2.75) is 63.1 Å². The van der Waals surface area contributed by atoms with Gasteiger partial charge in [-0.3, -0.25) is 14.6 Å². The molecule has 4 heterocycles. The van der Waals surface area contributed by atoms with E-state index in [0.717, 1.165) is 39.0 Å². The van der Waals surface area contributed by atoms with Crippen LogP contribution in [0.1, 0.15) is 57.2 Å². The molecule has 2 saturated heterocycles. The predicted molar refractivity (Wildman–Crippen MR) is 189 cm³/mol. The highest BCUT2D eigenvalue weighted by Crippen LogP contribution is 2.52. The molecule has 0 spiro atoms. The molecule has 6 rings (SSSR count). The van der Waals surface area contributed by atoms with E-state index in [2.05, 4.69) is 34.7 Å². The summed E-state index contributed by atoms with van der Waals surface area (Å²) >= 11 is 0. The number of carbonyl (C=O) groups excluding carboxylic acids is 2. The first kappa shape index (κ1) is 36.1. The van der Waals surface area contributed by atoms with Crippen LogP contribution in [-0.2, 0) is 25.2 Å². The number of pyridine rings is 1. The number of piperidine rings is 1. The number of anilines is 1. The van der Waals surface area contributed by atoms with Crippen molar-refractivity contribution in [3.63, 3.8) is 0 Å². The smallest absolute Gasteiger partial charge is 0.411 e. The second kappa shape index (κ2) is 14.9. The summed E-state index contributed by atoms with van der Waals surface area (Å²) in [6, 6.07) is 16.2. The van der Waals surface area contributed by atoms with Crippen LogP contribution >= 0.6 is 0 Å². The van der Waals surface area contributed by atoms with Crippen LogP contribution < -0.4 is 13.8 Å². The SMILES string of the molecule is CCOc1ccccc1S(=O)(=O)N1C(=O)C(OC(=O)N2CCC(N3CCN(C(C)C)CC3)CC2)(c2cccnc2OCC)c2cc(C#N)ccc21. The number of benzene rings is 2. The Morgan fingerprint density at radius 2 is 1.67 bits per heavy atom. The van der Waals surface area contributed by atoms with Crippen LogP contribution in [0, 0.1) is 11.3 Å². The quantitative estimate of drug-likeness (QED) is 0.295. The van der Waals surface area contributed by atoms with Crippen molar-refractivity contribution in [3.05, 3.63) is 77.5 Å². The van der Waals surface area contributed by atoms with Crippen LogP contribution in [-0.4, -0.2) is 105 Å². The lowest BCUT2D eigenvalue weighted by atomic mass is 9.87. The maximum Gasteiger partial charge on any atom is 0.411 e. The van der Waals surface area contributed by atoms with E-state index in [1.54, 1.807) is 30.9 Å². The van der Waals surface area contributed by atoms with Gasteiger partial charge in [-0.1, -0.05) is 12.1 Å². The number of para-hydroxylation sites is 1. The van der Waals surface area contributed by atoms with E-state index < -0.39 is 27.6 Å². The van der Waals surface area contributed by atoms with Crippen LogP contribution in [0.4, 0.5) is 10.5 Å². The summed E-state index contributed by atoms with van der Waals surface area (Å²) in [5.74, 6) is -1.02. The highest BCUT2D eigenvalue weighted by atomic mass is 32.2. The van der Waals surface area contributed by atoms with Crippen molar-refractivity contribution in [1.82, 2.24) is 19.7 Å². The number of amides is 2. The van der Waals surface area contributed by atoms with E-state index in [4.69, 9.17) is 14.2 Å². The number of nitrogens with zero attached hydrogens (tertiary/aromatic N) is 6. The molecule has 14 heteroatoms. The lowest BCUT2D eigenvalue weighted by molar-refractivity contribution is -0.132. The van der Waals surface area contributed by atoms with E-state index in [9.17, 15) is 18.5 Å². The van der Waals surface area contributed by atoms with Gasteiger partial charge < -0.3 is 19.1 Å². The first-order valence-corrected chi connectivity index (χ1v) is 18.9. The van der Waals surface area contributed by atoms with Gasteiger partial charge >= 0.3 is 6.09 Å². The number of carbonyl (C=O) groups is 2. The van der Waals surface area contributed by atoms with Gasteiger partial charge in [-0.15, -0.1) is 0 Å². The van der Waals surface area contributed by atoms with E-state index in [1.165, 1.54) is 48.7 Å². The number of piperazine rings is 1. The number of sulfonamides is 1. The number of rotatable bonds is 10. The van der Waals surface area contributed by atoms with Gasteiger partial charge in [0.2, 0.25) is 5.88 Å². The summed E-state index contributed by atoms with van der Waals surface area (Å²) in [5, 5.41) is 9.93. The molecular formula is C37H44N6O7S. The molecule has 0 aliphatic carbocycles. The summed E-state index contributed by atoms with van der Waals surface area (Å²) in [6.45, 7) is 12.9. The summed E-state index contributed by atoms with van der Waals surface area (Å²) in [7, 11) is -4.67. The fourth-order valence-corrected chi connectivity index (χ4v) is 8.85. The average molecular weight is 717 g/mol. The summed E-state index contributed by atoms with van der Waals surface area (Å²) < 4.78 is 47.7. The van der Waals surface area contributed by atoms with Crippen LogP contribution in [0.25, 0.3) is 0 Å². The number of ether oxygens (including phenoxy) is 3. The van der Waals surface area contributed by atoms with Crippen molar-refractivity contribution in [2.24, 2.45) is 0 Å². The third kappa shape index (κ3) is 6.61. The maximum absolute atomic E-state index is 15.1. The van der Waals surface area contributed by atoms with E-state index >= 15 is 4.79 Å². The lowest BCUT2D eigenvalue weighted by Gasteiger charge is -2.43. The third-order valence-corrected chi connectivity index (χ3v) is 11.6. The molecule has 270 valence electrons. The van der Waals surface area contributed by atoms with E-state index in [1.807, 2.05) is 0 Å². The molecule has 1 aromatic heterocycles. The summed E-state index contributed by atoms with van der Waals surface area (Å²) in [5.41, 5.74) is -2.25. The Hall–Kier alpha value is -4.71. The molecule has 13 nitrogen and oxygen atoms in total. The molecule has 2 fully saturated rings. The Morgan fingerprint density at radius 3 is 2.33 bits per heavy atom. The van der Waals surface area contributed by atoms with E-state index in [-0.39, 0.29) is 52.1 Å². The average Bonchev–Trinajstić information content (AvgIpc) is 3.39. The first-order valence-electron chi connectivity index (χ1n) is 17.5. The van der Waals surface area contributed by atoms with Gasteiger partial charge in [0.15, 0.2) is 0 Å². The number of aromatic nitrogens is 1. The normalized spacial score (nSPS) is 20.3. The van der Waals surface area contributed by atoms with Crippen LogP contribution in [0.2, 0.25) is 0 Å². The summed E-state index contributed by atoms with van der Waals surface area (Å²) in [4.78, 5) is 40.0. The van der Waals surface area contributed by atoms with Crippen molar-refractivity contribution < 1.29 is 32.2 Å². The monoisotopic (exact) mass is 716 g/mol. The van der Waals surface area contributed by atoms with Crippen LogP contribution in [0.3, 0.4) is 0 Å². The zero-order valence-corrected chi connectivity index (χ0v) is 30.3. The standard InChI is InChI=1S/C37H44N6O7S/c1-5-48-32-11-7-8-12-33(32)51(46,47)43-31-14-13-27(25-38)24-30(31)37(35(43)44,29-10-9-17-39-34(29)49-6-2)50-36(45)42-18-15-28(16-19-42)41-22-20-40(21-23-41)26(3)4/h7-14,17,24,26,28H,5-6,15-16,18-23H2,1-4H3. The minimum absolute atomic E-state index is 0.00392.